The van der Waals surface area contributed by atoms with E-state index in [1.165, 1.54) is 0 Å². The number of halogens is 1. The van der Waals surface area contributed by atoms with Crippen molar-refractivity contribution in [3.05, 3.63) is 41.2 Å². The molecule has 142 valence electrons. The molecule has 1 aromatic carbocycles. The summed E-state index contributed by atoms with van der Waals surface area (Å²) in [7, 11) is 0. The fourth-order valence-corrected chi connectivity index (χ4v) is 2.88. The van der Waals surface area contributed by atoms with Crippen LogP contribution in [0.2, 0.25) is 0 Å². The number of carbonyl (C=O) groups is 2. The smallest absolute Gasteiger partial charge is 0.273 e. The Morgan fingerprint density at radius 3 is 2.26 bits per heavy atom. The van der Waals surface area contributed by atoms with E-state index in [9.17, 15) is 14.0 Å². The van der Waals surface area contributed by atoms with E-state index in [2.05, 4.69) is 20.9 Å². The van der Waals surface area contributed by atoms with Gasteiger partial charge in [-0.05, 0) is 62.8 Å². The highest BCUT2D eigenvalue weighted by Gasteiger charge is 2.28. The first kappa shape index (κ1) is 17.6. The number of nitrogens with one attached hydrogen (secondary N) is 2. The average molecular weight is 371 g/mol. The lowest BCUT2D eigenvalue weighted by molar-refractivity contribution is 0.0939. The summed E-state index contributed by atoms with van der Waals surface area (Å²) in [5.41, 5.74) is 2.08. The van der Waals surface area contributed by atoms with Gasteiger partial charge in [-0.3, -0.25) is 14.0 Å². The minimum Gasteiger partial charge on any atom is -0.349 e. The Balaban J connectivity index is 1.56. The molecule has 2 fully saturated rings. The second-order valence-corrected chi connectivity index (χ2v) is 7.13. The molecule has 0 bridgehead atoms. The maximum absolute atomic E-state index is 12.7. The van der Waals surface area contributed by atoms with Crippen LogP contribution in [0.25, 0.3) is 5.69 Å². The molecule has 0 atom stereocenters. The molecule has 0 radical (unpaired) electrons. The predicted molar refractivity (Wildman–Crippen MR) is 96.6 cm³/mol. The monoisotopic (exact) mass is 371 g/mol. The number of hydrogen-bond acceptors (Lipinski definition) is 4. The summed E-state index contributed by atoms with van der Waals surface area (Å²) in [5, 5.41) is 14.0. The Hall–Kier alpha value is -2.77. The minimum absolute atomic E-state index is 0.0928. The topological polar surface area (TPSA) is 88.9 Å². The minimum atomic E-state index is -0.477. The summed E-state index contributed by atoms with van der Waals surface area (Å²) < 4.78 is 14.3. The molecule has 27 heavy (non-hydrogen) atoms. The first-order chi connectivity index (χ1) is 13.2. The average Bonchev–Trinajstić information content (AvgIpc) is 3.60. The van der Waals surface area contributed by atoms with Gasteiger partial charge in [-0.15, -0.1) is 5.10 Å². The first-order valence-electron chi connectivity index (χ1n) is 9.38. The van der Waals surface area contributed by atoms with E-state index < -0.39 is 6.67 Å². The summed E-state index contributed by atoms with van der Waals surface area (Å²) in [6.45, 7) is -0.477. The molecule has 0 unspecified atom stereocenters. The van der Waals surface area contributed by atoms with Crippen molar-refractivity contribution in [1.82, 2.24) is 25.6 Å². The van der Waals surface area contributed by atoms with Gasteiger partial charge in [-0.25, -0.2) is 4.68 Å². The van der Waals surface area contributed by atoms with E-state index in [0.717, 1.165) is 25.7 Å². The van der Waals surface area contributed by atoms with Gasteiger partial charge in [0.25, 0.3) is 11.8 Å². The van der Waals surface area contributed by atoms with Gasteiger partial charge in [-0.2, -0.15) is 0 Å². The van der Waals surface area contributed by atoms with E-state index in [-0.39, 0.29) is 23.6 Å². The van der Waals surface area contributed by atoms with Gasteiger partial charge in [-0.1, -0.05) is 5.21 Å². The van der Waals surface area contributed by atoms with Gasteiger partial charge in [0.1, 0.15) is 0 Å². The predicted octanol–water partition coefficient (Wildman–Crippen LogP) is 1.95. The summed E-state index contributed by atoms with van der Waals surface area (Å²) in [4.78, 5) is 24.5. The van der Waals surface area contributed by atoms with Crippen molar-refractivity contribution in [1.29, 1.82) is 0 Å². The van der Waals surface area contributed by atoms with Crippen LogP contribution < -0.4 is 10.6 Å². The quantitative estimate of drug-likeness (QED) is 0.742. The number of aromatic nitrogens is 3. The first-order valence-corrected chi connectivity index (χ1v) is 9.38. The third kappa shape index (κ3) is 4.15. The van der Waals surface area contributed by atoms with E-state index in [0.29, 0.717) is 35.8 Å². The van der Waals surface area contributed by atoms with Crippen LogP contribution in [-0.2, 0) is 6.42 Å². The Bertz CT molecular complexity index is 840. The highest BCUT2D eigenvalue weighted by Crippen LogP contribution is 2.22. The molecule has 2 saturated carbocycles. The summed E-state index contributed by atoms with van der Waals surface area (Å²) in [6.07, 6.45) is 4.67. The maximum atomic E-state index is 12.7. The molecule has 0 saturated heterocycles. The number of nitrogens with zero attached hydrogens (tertiary/aromatic N) is 3. The van der Waals surface area contributed by atoms with Gasteiger partial charge in [0, 0.05) is 17.6 Å². The highest BCUT2D eigenvalue weighted by molar-refractivity contribution is 5.95. The van der Waals surface area contributed by atoms with Crippen molar-refractivity contribution in [2.24, 2.45) is 0 Å². The standard InChI is InChI=1S/C19H22FN5O2/c20-11-1-2-16-17(19(27)22-14-7-8-14)23-24-25(16)15-9-3-12(4-10-15)18(26)21-13-5-6-13/h3-4,9-10,13-14H,1-2,5-8,11H2,(H,21,26)(H,22,27). The second kappa shape index (κ2) is 7.46. The van der Waals surface area contributed by atoms with Crippen LogP contribution in [0.15, 0.2) is 24.3 Å². The molecule has 7 nitrogen and oxygen atoms in total. The number of alkyl halides is 1. The van der Waals surface area contributed by atoms with Crippen LogP contribution in [-0.4, -0.2) is 45.6 Å². The molecule has 2 aliphatic rings. The van der Waals surface area contributed by atoms with E-state index in [1.54, 1.807) is 28.9 Å². The molecule has 2 aliphatic carbocycles. The molecule has 1 heterocycles. The van der Waals surface area contributed by atoms with Crippen molar-refractivity contribution < 1.29 is 14.0 Å². The molecule has 2 aromatic rings. The Morgan fingerprint density at radius 2 is 1.67 bits per heavy atom. The van der Waals surface area contributed by atoms with Crippen LogP contribution in [0.3, 0.4) is 0 Å². The third-order valence-electron chi connectivity index (χ3n) is 4.72. The third-order valence-corrected chi connectivity index (χ3v) is 4.72. The summed E-state index contributed by atoms with van der Waals surface area (Å²) >= 11 is 0. The van der Waals surface area contributed by atoms with Crippen molar-refractivity contribution in [3.63, 3.8) is 0 Å². The largest absolute Gasteiger partial charge is 0.349 e. The van der Waals surface area contributed by atoms with E-state index in [4.69, 9.17) is 0 Å². The molecule has 2 N–H and O–H groups in total. The Labute approximate surface area is 156 Å². The maximum Gasteiger partial charge on any atom is 0.273 e. The van der Waals surface area contributed by atoms with Crippen molar-refractivity contribution in [2.75, 3.05) is 6.67 Å². The fraction of sp³-hybridized carbons (Fsp3) is 0.474. The molecule has 1 aromatic heterocycles. The van der Waals surface area contributed by atoms with Gasteiger partial charge >= 0.3 is 0 Å². The normalized spacial score (nSPS) is 16.2. The van der Waals surface area contributed by atoms with Crippen LogP contribution in [0, 0.1) is 0 Å². The zero-order chi connectivity index (χ0) is 18.8. The van der Waals surface area contributed by atoms with Gasteiger partial charge in [0.15, 0.2) is 5.69 Å². The molecular weight excluding hydrogens is 349 g/mol. The van der Waals surface area contributed by atoms with Crippen LogP contribution in [0.1, 0.15) is 58.6 Å². The number of carbonyl (C=O) groups excluding carboxylic acids is 2. The van der Waals surface area contributed by atoms with Crippen LogP contribution in [0.4, 0.5) is 4.39 Å². The van der Waals surface area contributed by atoms with Crippen LogP contribution >= 0.6 is 0 Å². The molecule has 4 rings (SSSR count). The number of hydrogen-bond donors (Lipinski definition) is 2. The molecular formula is C19H22FN5O2. The lowest BCUT2D eigenvalue weighted by atomic mass is 10.1. The van der Waals surface area contributed by atoms with Gasteiger partial charge in [0.2, 0.25) is 0 Å². The number of benzene rings is 1. The van der Waals surface area contributed by atoms with Gasteiger partial charge < -0.3 is 10.6 Å². The van der Waals surface area contributed by atoms with Crippen molar-refractivity contribution in [3.8, 4) is 5.69 Å². The second-order valence-electron chi connectivity index (χ2n) is 7.13. The fourth-order valence-electron chi connectivity index (χ4n) is 2.88. The molecule has 0 spiro atoms. The van der Waals surface area contributed by atoms with Crippen LogP contribution in [0.5, 0.6) is 0 Å². The molecule has 8 heteroatoms. The number of rotatable bonds is 8. The lowest BCUT2D eigenvalue weighted by Gasteiger charge is -2.09. The van der Waals surface area contributed by atoms with Crippen molar-refractivity contribution in [2.45, 2.75) is 50.6 Å². The SMILES string of the molecule is O=C(NC1CC1)c1ccc(-n2nnc(C(=O)NC3CC3)c2CCCF)cc1. The zero-order valence-electron chi connectivity index (χ0n) is 14.9. The van der Waals surface area contributed by atoms with E-state index >= 15 is 0 Å². The zero-order valence-corrected chi connectivity index (χ0v) is 14.9. The lowest BCUT2D eigenvalue weighted by Crippen LogP contribution is -2.27. The van der Waals surface area contributed by atoms with Gasteiger partial charge in [0.05, 0.1) is 18.1 Å². The Kier molecular flexibility index (Phi) is 4.87. The summed E-state index contributed by atoms with van der Waals surface area (Å²) in [6, 6.07) is 7.47. The number of amides is 2. The highest BCUT2D eigenvalue weighted by atomic mass is 19.1. The molecule has 0 aliphatic heterocycles. The van der Waals surface area contributed by atoms with Crippen molar-refractivity contribution >= 4 is 11.8 Å². The Morgan fingerprint density at radius 1 is 1.04 bits per heavy atom. The summed E-state index contributed by atoms with van der Waals surface area (Å²) in [5.74, 6) is -0.358. The molecule has 2 amide bonds. The van der Waals surface area contributed by atoms with E-state index in [1.807, 2.05) is 0 Å².